The summed E-state index contributed by atoms with van der Waals surface area (Å²) in [5.74, 6) is 0.555. The van der Waals surface area contributed by atoms with E-state index in [1.807, 2.05) is 0 Å². The standard InChI is InChI=1S/C16H25Cl/c1-5-8-12(4)16(17)15-11-13(6-2)9-10-14(15)7-3/h9-12,16H,5-8H2,1-4H3. The number of rotatable bonds is 6. The maximum absolute atomic E-state index is 6.65. The van der Waals surface area contributed by atoms with Gasteiger partial charge in [0.05, 0.1) is 5.38 Å². The van der Waals surface area contributed by atoms with Gasteiger partial charge in [-0.2, -0.15) is 0 Å². The van der Waals surface area contributed by atoms with Gasteiger partial charge in [0.15, 0.2) is 0 Å². The minimum absolute atomic E-state index is 0.163. The minimum Gasteiger partial charge on any atom is -0.118 e. The Hall–Kier alpha value is -0.490. The van der Waals surface area contributed by atoms with E-state index in [0.717, 1.165) is 12.8 Å². The maximum Gasteiger partial charge on any atom is 0.0613 e. The van der Waals surface area contributed by atoms with Crippen LogP contribution >= 0.6 is 11.6 Å². The third-order valence-corrected chi connectivity index (χ3v) is 4.21. The first kappa shape index (κ1) is 14.6. The lowest BCUT2D eigenvalue weighted by Gasteiger charge is -2.21. The van der Waals surface area contributed by atoms with E-state index in [4.69, 9.17) is 11.6 Å². The van der Waals surface area contributed by atoms with E-state index in [-0.39, 0.29) is 5.38 Å². The molecule has 17 heavy (non-hydrogen) atoms. The van der Waals surface area contributed by atoms with Gasteiger partial charge in [0, 0.05) is 0 Å². The second kappa shape index (κ2) is 7.06. The van der Waals surface area contributed by atoms with Crippen molar-refractivity contribution in [1.29, 1.82) is 0 Å². The van der Waals surface area contributed by atoms with Crippen molar-refractivity contribution in [3.63, 3.8) is 0 Å². The van der Waals surface area contributed by atoms with Gasteiger partial charge in [0.1, 0.15) is 0 Å². The van der Waals surface area contributed by atoms with Crippen molar-refractivity contribution in [1.82, 2.24) is 0 Å². The molecule has 0 aromatic heterocycles. The van der Waals surface area contributed by atoms with E-state index in [1.54, 1.807) is 0 Å². The molecule has 0 spiro atoms. The lowest BCUT2D eigenvalue weighted by molar-refractivity contribution is 0.505. The molecule has 0 amide bonds. The Labute approximate surface area is 111 Å². The summed E-state index contributed by atoms with van der Waals surface area (Å²) in [6.07, 6.45) is 4.57. The van der Waals surface area contributed by atoms with E-state index in [0.29, 0.717) is 5.92 Å². The normalized spacial score (nSPS) is 14.6. The van der Waals surface area contributed by atoms with Crippen molar-refractivity contribution in [2.45, 2.75) is 58.8 Å². The number of hydrogen-bond donors (Lipinski definition) is 0. The molecular weight excluding hydrogens is 228 g/mol. The molecule has 0 N–H and O–H groups in total. The summed E-state index contributed by atoms with van der Waals surface area (Å²) in [4.78, 5) is 0. The van der Waals surface area contributed by atoms with E-state index in [9.17, 15) is 0 Å². The van der Waals surface area contributed by atoms with Gasteiger partial charge < -0.3 is 0 Å². The smallest absolute Gasteiger partial charge is 0.0613 e. The number of alkyl halides is 1. The third-order valence-electron chi connectivity index (χ3n) is 3.54. The van der Waals surface area contributed by atoms with Gasteiger partial charge in [-0.05, 0) is 41.9 Å². The van der Waals surface area contributed by atoms with Crippen LogP contribution in [0.5, 0.6) is 0 Å². The SMILES string of the molecule is CCCC(C)C(Cl)c1cc(CC)ccc1CC. The monoisotopic (exact) mass is 252 g/mol. The van der Waals surface area contributed by atoms with Crippen molar-refractivity contribution < 1.29 is 0 Å². The predicted octanol–water partition coefficient (Wildman–Crippen LogP) is 5.53. The molecule has 0 bridgehead atoms. The van der Waals surface area contributed by atoms with Crippen LogP contribution in [0.2, 0.25) is 0 Å². The van der Waals surface area contributed by atoms with Crippen molar-refractivity contribution in [3.8, 4) is 0 Å². The molecule has 0 nitrogen and oxygen atoms in total. The average molecular weight is 253 g/mol. The van der Waals surface area contributed by atoms with Crippen LogP contribution in [0.3, 0.4) is 0 Å². The molecule has 96 valence electrons. The molecule has 0 radical (unpaired) electrons. The Balaban J connectivity index is 3.00. The highest BCUT2D eigenvalue weighted by molar-refractivity contribution is 6.21. The van der Waals surface area contributed by atoms with E-state index in [1.165, 1.54) is 29.5 Å². The van der Waals surface area contributed by atoms with Crippen molar-refractivity contribution in [3.05, 3.63) is 34.9 Å². The van der Waals surface area contributed by atoms with Crippen LogP contribution in [0.4, 0.5) is 0 Å². The van der Waals surface area contributed by atoms with Gasteiger partial charge in [-0.15, -0.1) is 11.6 Å². The zero-order chi connectivity index (χ0) is 12.8. The largest absolute Gasteiger partial charge is 0.118 e. The molecule has 0 aliphatic rings. The summed E-state index contributed by atoms with van der Waals surface area (Å²) < 4.78 is 0. The van der Waals surface area contributed by atoms with Crippen LogP contribution in [0.15, 0.2) is 18.2 Å². The first-order valence-electron chi connectivity index (χ1n) is 6.89. The van der Waals surface area contributed by atoms with Crippen LogP contribution in [-0.4, -0.2) is 0 Å². The summed E-state index contributed by atoms with van der Waals surface area (Å²) in [5, 5.41) is 0.163. The summed E-state index contributed by atoms with van der Waals surface area (Å²) in [6.45, 7) is 8.89. The second-order valence-electron chi connectivity index (χ2n) is 4.91. The molecule has 1 aromatic rings. The molecule has 0 fully saturated rings. The van der Waals surface area contributed by atoms with Gasteiger partial charge >= 0.3 is 0 Å². The summed E-state index contributed by atoms with van der Waals surface area (Å²) in [7, 11) is 0. The van der Waals surface area contributed by atoms with Crippen LogP contribution < -0.4 is 0 Å². The fourth-order valence-corrected chi connectivity index (χ4v) is 2.68. The van der Waals surface area contributed by atoms with Gasteiger partial charge in [0.25, 0.3) is 0 Å². The second-order valence-corrected chi connectivity index (χ2v) is 5.38. The van der Waals surface area contributed by atoms with Crippen LogP contribution in [0, 0.1) is 5.92 Å². The van der Waals surface area contributed by atoms with Crippen molar-refractivity contribution in [2.24, 2.45) is 5.92 Å². The third kappa shape index (κ3) is 3.74. The fourth-order valence-electron chi connectivity index (χ4n) is 2.35. The zero-order valence-electron chi connectivity index (χ0n) is 11.6. The number of aryl methyl sites for hydroxylation is 2. The van der Waals surface area contributed by atoms with E-state index in [2.05, 4.69) is 45.9 Å². The number of hydrogen-bond acceptors (Lipinski definition) is 0. The molecule has 0 aliphatic heterocycles. The molecule has 0 heterocycles. The molecule has 1 aromatic carbocycles. The lowest BCUT2D eigenvalue weighted by Crippen LogP contribution is -2.07. The van der Waals surface area contributed by atoms with Gasteiger partial charge in [-0.3, -0.25) is 0 Å². The van der Waals surface area contributed by atoms with E-state index >= 15 is 0 Å². The Morgan fingerprint density at radius 1 is 1.12 bits per heavy atom. The Kier molecular flexibility index (Phi) is 6.05. The Bertz CT molecular complexity index is 343. The predicted molar refractivity (Wildman–Crippen MR) is 77.9 cm³/mol. The Morgan fingerprint density at radius 3 is 2.35 bits per heavy atom. The van der Waals surface area contributed by atoms with Crippen LogP contribution in [0.25, 0.3) is 0 Å². The highest BCUT2D eigenvalue weighted by Gasteiger charge is 2.18. The van der Waals surface area contributed by atoms with E-state index < -0.39 is 0 Å². The van der Waals surface area contributed by atoms with Crippen LogP contribution in [0.1, 0.15) is 62.6 Å². The summed E-state index contributed by atoms with van der Waals surface area (Å²) in [5.41, 5.74) is 4.16. The number of halogens is 1. The van der Waals surface area contributed by atoms with Crippen molar-refractivity contribution in [2.75, 3.05) is 0 Å². The maximum atomic E-state index is 6.65. The minimum atomic E-state index is 0.163. The average Bonchev–Trinajstić information content (AvgIpc) is 2.37. The molecule has 1 heteroatoms. The first-order valence-corrected chi connectivity index (χ1v) is 7.33. The topological polar surface area (TPSA) is 0 Å². The Morgan fingerprint density at radius 2 is 1.82 bits per heavy atom. The lowest BCUT2D eigenvalue weighted by atomic mass is 9.91. The van der Waals surface area contributed by atoms with Crippen molar-refractivity contribution >= 4 is 11.6 Å². The molecule has 1 rings (SSSR count). The molecule has 0 saturated heterocycles. The van der Waals surface area contributed by atoms with Gasteiger partial charge in [0.2, 0.25) is 0 Å². The molecule has 0 aliphatic carbocycles. The van der Waals surface area contributed by atoms with Gasteiger partial charge in [-0.25, -0.2) is 0 Å². The fraction of sp³-hybridized carbons (Fsp3) is 0.625. The highest BCUT2D eigenvalue weighted by atomic mass is 35.5. The molecule has 0 saturated carbocycles. The molecule has 2 atom stereocenters. The van der Waals surface area contributed by atoms with Gasteiger partial charge in [-0.1, -0.05) is 52.3 Å². The molecule has 2 unspecified atom stereocenters. The zero-order valence-corrected chi connectivity index (χ0v) is 12.3. The number of benzene rings is 1. The summed E-state index contributed by atoms with van der Waals surface area (Å²) >= 11 is 6.65. The highest BCUT2D eigenvalue weighted by Crippen LogP contribution is 2.34. The summed E-state index contributed by atoms with van der Waals surface area (Å²) in [6, 6.07) is 6.79. The van der Waals surface area contributed by atoms with Crippen LogP contribution in [-0.2, 0) is 12.8 Å². The first-order chi connectivity index (χ1) is 8.13. The quantitative estimate of drug-likeness (QED) is 0.584. The molecular formula is C16H25Cl.